The Morgan fingerprint density at radius 2 is 2.27 bits per heavy atom. The number of hydrogen-bond acceptors (Lipinski definition) is 6. The molecule has 0 radical (unpaired) electrons. The van der Waals surface area contributed by atoms with Crippen LogP contribution < -0.4 is 5.32 Å². The van der Waals surface area contributed by atoms with E-state index in [1.165, 1.54) is 0 Å². The lowest BCUT2D eigenvalue weighted by molar-refractivity contribution is 0.161. The topological polar surface area (TPSA) is 97.0 Å². The predicted octanol–water partition coefficient (Wildman–Crippen LogP) is 2.54. The highest BCUT2D eigenvalue weighted by Gasteiger charge is 2.24. The Morgan fingerprint density at radius 1 is 1.38 bits per heavy atom. The van der Waals surface area contributed by atoms with Gasteiger partial charge in [0.2, 0.25) is 5.89 Å². The highest BCUT2D eigenvalue weighted by Crippen LogP contribution is 2.22. The quantitative estimate of drug-likeness (QED) is 0.852. The number of hydrogen-bond donors (Lipinski definition) is 1. The molecule has 0 spiro atoms. The Kier molecular flexibility index (Phi) is 6.14. The monoisotopic (exact) mass is 358 g/mol. The molecule has 3 rings (SSSR count). The third-order valence-electron chi connectivity index (χ3n) is 4.48. The van der Waals surface area contributed by atoms with Crippen LogP contribution in [0.3, 0.4) is 0 Å². The molecular formula is C18H26N6O2. The van der Waals surface area contributed by atoms with E-state index in [1.54, 1.807) is 18.6 Å². The normalized spacial score (nSPS) is 17.5. The Balaban J connectivity index is 1.49. The molecule has 140 valence electrons. The van der Waals surface area contributed by atoms with Crippen LogP contribution in [0.2, 0.25) is 0 Å². The number of carbonyl (C=O) groups is 1. The van der Waals surface area contributed by atoms with Crippen LogP contribution in [0.5, 0.6) is 0 Å². The number of carbonyl (C=O) groups excluding carboxylic acids is 1. The van der Waals surface area contributed by atoms with Gasteiger partial charge in [-0.2, -0.15) is 0 Å². The van der Waals surface area contributed by atoms with Gasteiger partial charge in [0, 0.05) is 38.4 Å². The highest BCUT2D eigenvalue weighted by molar-refractivity contribution is 5.74. The van der Waals surface area contributed by atoms with Crippen molar-refractivity contribution in [2.45, 2.75) is 39.5 Å². The first kappa shape index (κ1) is 18.3. The van der Waals surface area contributed by atoms with E-state index < -0.39 is 0 Å². The van der Waals surface area contributed by atoms with E-state index in [1.807, 2.05) is 4.90 Å². The van der Waals surface area contributed by atoms with E-state index in [4.69, 9.17) is 4.42 Å². The molecule has 1 saturated heterocycles. The van der Waals surface area contributed by atoms with E-state index in [2.05, 4.69) is 39.3 Å². The number of nitrogens with one attached hydrogen (secondary N) is 1. The Labute approximate surface area is 153 Å². The molecule has 1 N–H and O–H groups in total. The van der Waals surface area contributed by atoms with Crippen LogP contribution >= 0.6 is 0 Å². The molecule has 2 aromatic rings. The largest absolute Gasteiger partial charge is 0.419 e. The number of urea groups is 1. The predicted molar refractivity (Wildman–Crippen MR) is 96.2 cm³/mol. The van der Waals surface area contributed by atoms with Gasteiger partial charge in [0.05, 0.1) is 6.20 Å². The molecule has 0 bridgehead atoms. The van der Waals surface area contributed by atoms with Gasteiger partial charge in [-0.05, 0) is 31.1 Å². The number of likely N-dealkylation sites (tertiary alicyclic amines) is 1. The molecule has 1 fully saturated rings. The molecule has 1 unspecified atom stereocenters. The van der Waals surface area contributed by atoms with Crippen molar-refractivity contribution in [3.63, 3.8) is 0 Å². The average Bonchev–Trinajstić information content (AvgIpc) is 3.14. The number of aromatic nitrogens is 4. The van der Waals surface area contributed by atoms with E-state index >= 15 is 0 Å². The Morgan fingerprint density at radius 3 is 3.04 bits per heavy atom. The lowest BCUT2D eigenvalue weighted by atomic mass is 9.93. The summed E-state index contributed by atoms with van der Waals surface area (Å²) < 4.78 is 5.68. The molecule has 8 heteroatoms. The maximum absolute atomic E-state index is 12.2. The van der Waals surface area contributed by atoms with Gasteiger partial charge in [-0.3, -0.25) is 4.98 Å². The number of amides is 2. The minimum Gasteiger partial charge on any atom is -0.419 e. The van der Waals surface area contributed by atoms with Crippen molar-refractivity contribution in [3.05, 3.63) is 24.5 Å². The Hall–Kier alpha value is -2.51. The minimum absolute atomic E-state index is 0.0473. The molecule has 2 aromatic heterocycles. The molecule has 1 aliphatic heterocycles. The van der Waals surface area contributed by atoms with Gasteiger partial charge in [0.25, 0.3) is 5.89 Å². The molecule has 2 amide bonds. The lowest BCUT2D eigenvalue weighted by Crippen LogP contribution is -2.46. The minimum atomic E-state index is 0.0473. The summed E-state index contributed by atoms with van der Waals surface area (Å²) in [5.41, 5.74) is 0.580. The van der Waals surface area contributed by atoms with Gasteiger partial charge in [0.1, 0.15) is 5.69 Å². The lowest BCUT2D eigenvalue weighted by Gasteiger charge is -2.32. The van der Waals surface area contributed by atoms with Crippen LogP contribution in [-0.4, -0.2) is 50.7 Å². The Bertz CT molecular complexity index is 703. The first-order valence-corrected chi connectivity index (χ1v) is 9.23. The molecule has 0 aliphatic carbocycles. The third-order valence-corrected chi connectivity index (χ3v) is 4.48. The van der Waals surface area contributed by atoms with Crippen LogP contribution in [0.15, 0.2) is 23.0 Å². The van der Waals surface area contributed by atoms with Gasteiger partial charge in [-0.15, -0.1) is 10.2 Å². The zero-order chi connectivity index (χ0) is 18.4. The van der Waals surface area contributed by atoms with Crippen LogP contribution in [0.25, 0.3) is 11.6 Å². The molecule has 26 heavy (non-hydrogen) atoms. The molecular weight excluding hydrogens is 332 g/mol. The number of piperidine rings is 1. The van der Waals surface area contributed by atoms with Crippen molar-refractivity contribution < 1.29 is 9.21 Å². The SMILES string of the molecule is CC(C)CNC(=O)N1CCCC(CCc2nnc(-c3cnccn3)o2)C1. The van der Waals surface area contributed by atoms with Crippen molar-refractivity contribution >= 4 is 6.03 Å². The first-order valence-electron chi connectivity index (χ1n) is 9.23. The highest BCUT2D eigenvalue weighted by atomic mass is 16.4. The zero-order valence-electron chi connectivity index (χ0n) is 15.4. The second kappa shape index (κ2) is 8.73. The third kappa shape index (κ3) is 5.00. The maximum atomic E-state index is 12.2. The van der Waals surface area contributed by atoms with Crippen LogP contribution in [0.4, 0.5) is 4.79 Å². The number of rotatable bonds is 6. The summed E-state index contributed by atoms with van der Waals surface area (Å²) in [6.07, 6.45) is 8.60. The van der Waals surface area contributed by atoms with Crippen molar-refractivity contribution in [2.75, 3.05) is 19.6 Å². The number of nitrogens with zero attached hydrogens (tertiary/aromatic N) is 5. The van der Waals surface area contributed by atoms with Crippen LogP contribution in [0, 0.1) is 11.8 Å². The second-order valence-corrected chi connectivity index (χ2v) is 7.16. The van der Waals surface area contributed by atoms with Gasteiger partial charge in [0.15, 0.2) is 0 Å². The molecule has 3 heterocycles. The second-order valence-electron chi connectivity index (χ2n) is 7.16. The van der Waals surface area contributed by atoms with E-state index in [0.717, 1.165) is 32.4 Å². The standard InChI is InChI=1S/C18H26N6O2/c1-13(2)10-21-18(25)24-9-3-4-14(12-24)5-6-16-22-23-17(26-16)15-11-19-7-8-20-15/h7-8,11,13-14H,3-6,9-10,12H2,1-2H3,(H,21,25). The molecule has 1 aliphatic rings. The van der Waals surface area contributed by atoms with Crippen molar-refractivity contribution in [1.29, 1.82) is 0 Å². The van der Waals surface area contributed by atoms with Gasteiger partial charge < -0.3 is 14.6 Å². The number of aryl methyl sites for hydroxylation is 1. The fourth-order valence-electron chi connectivity index (χ4n) is 3.08. The smallest absolute Gasteiger partial charge is 0.317 e. The van der Waals surface area contributed by atoms with Gasteiger partial charge in [-0.25, -0.2) is 9.78 Å². The molecule has 8 nitrogen and oxygen atoms in total. The van der Waals surface area contributed by atoms with E-state index in [9.17, 15) is 4.79 Å². The molecule has 0 saturated carbocycles. The maximum Gasteiger partial charge on any atom is 0.317 e. The summed E-state index contributed by atoms with van der Waals surface area (Å²) in [6, 6.07) is 0.0473. The summed E-state index contributed by atoms with van der Waals surface area (Å²) in [5, 5.41) is 11.1. The molecule has 0 aromatic carbocycles. The van der Waals surface area contributed by atoms with Crippen LogP contribution in [-0.2, 0) is 6.42 Å². The summed E-state index contributed by atoms with van der Waals surface area (Å²) in [6.45, 7) is 6.53. The van der Waals surface area contributed by atoms with Crippen molar-refractivity contribution in [1.82, 2.24) is 30.4 Å². The fraction of sp³-hybridized carbons (Fsp3) is 0.611. The van der Waals surface area contributed by atoms with Crippen molar-refractivity contribution in [2.24, 2.45) is 11.8 Å². The van der Waals surface area contributed by atoms with E-state index in [0.29, 0.717) is 42.3 Å². The first-order chi connectivity index (χ1) is 12.6. The van der Waals surface area contributed by atoms with E-state index in [-0.39, 0.29) is 6.03 Å². The summed E-state index contributed by atoms with van der Waals surface area (Å²) in [7, 11) is 0. The summed E-state index contributed by atoms with van der Waals surface area (Å²) in [4.78, 5) is 22.3. The summed E-state index contributed by atoms with van der Waals surface area (Å²) in [5.74, 6) is 1.92. The van der Waals surface area contributed by atoms with Gasteiger partial charge >= 0.3 is 6.03 Å². The average molecular weight is 358 g/mol. The fourth-order valence-corrected chi connectivity index (χ4v) is 3.08. The van der Waals surface area contributed by atoms with Crippen LogP contribution in [0.1, 0.15) is 39.0 Å². The molecule has 1 atom stereocenters. The summed E-state index contributed by atoms with van der Waals surface area (Å²) >= 11 is 0. The van der Waals surface area contributed by atoms with Gasteiger partial charge in [-0.1, -0.05) is 13.8 Å². The zero-order valence-corrected chi connectivity index (χ0v) is 15.4. The van der Waals surface area contributed by atoms with Crippen molar-refractivity contribution in [3.8, 4) is 11.6 Å².